The van der Waals surface area contributed by atoms with Crippen LogP contribution in [0.25, 0.3) is 0 Å². The molecule has 3 heteroatoms. The Kier molecular flexibility index (Phi) is 3.26. The van der Waals surface area contributed by atoms with E-state index in [1.165, 1.54) is 13.8 Å². The van der Waals surface area contributed by atoms with Crippen LogP contribution < -0.4 is 5.73 Å². The molecule has 0 saturated heterocycles. The molecule has 0 fully saturated rings. The van der Waals surface area contributed by atoms with Gasteiger partial charge in [0.15, 0.2) is 0 Å². The summed E-state index contributed by atoms with van der Waals surface area (Å²) in [6, 6.07) is 0. The molecule has 1 radical (unpaired) electrons. The van der Waals surface area contributed by atoms with Crippen LogP contribution in [-0.4, -0.2) is 18.1 Å². The number of hydrogen-bond acceptors (Lipinski definition) is 2. The van der Waals surface area contributed by atoms with E-state index < -0.39 is 11.5 Å². The third-order valence-electron chi connectivity index (χ3n) is 0.960. The van der Waals surface area contributed by atoms with E-state index in [2.05, 4.69) is 6.58 Å². The molecule has 0 aliphatic heterocycles. The van der Waals surface area contributed by atoms with E-state index in [0.29, 0.717) is 0 Å². The van der Waals surface area contributed by atoms with Gasteiger partial charge in [-0.1, -0.05) is 6.58 Å². The van der Waals surface area contributed by atoms with Gasteiger partial charge in [-0.05, 0) is 26.3 Å². The highest BCUT2D eigenvalue weighted by Crippen LogP contribution is 2.03. The molecule has 0 aromatic rings. The first kappa shape index (κ1) is 10.2. The van der Waals surface area contributed by atoms with Crippen molar-refractivity contribution in [2.45, 2.75) is 26.3 Å². The molecule has 0 aliphatic rings. The van der Waals surface area contributed by atoms with Gasteiger partial charge in [0, 0.05) is 0 Å². The van der Waals surface area contributed by atoms with Crippen molar-refractivity contribution in [1.29, 1.82) is 0 Å². The second-order valence-corrected chi connectivity index (χ2v) is 3.16. The standard InChI is InChI=1S/C8H14NO2/c1-6(2)5-11-7(10)8(3,4)9/h9H,1,5H2,2-4H3. The minimum absolute atomic E-state index is 0.209. The highest BCUT2D eigenvalue weighted by molar-refractivity contribution is 5.79. The fourth-order valence-electron chi connectivity index (χ4n) is 0.369. The van der Waals surface area contributed by atoms with Crippen molar-refractivity contribution >= 4 is 5.97 Å². The summed E-state index contributed by atoms with van der Waals surface area (Å²) < 4.78 is 4.74. The van der Waals surface area contributed by atoms with Gasteiger partial charge in [-0.15, -0.1) is 0 Å². The van der Waals surface area contributed by atoms with E-state index in [-0.39, 0.29) is 6.61 Å². The number of nitrogens with one attached hydrogen (secondary N) is 1. The van der Waals surface area contributed by atoms with E-state index in [9.17, 15) is 4.79 Å². The second kappa shape index (κ2) is 3.53. The zero-order valence-corrected chi connectivity index (χ0v) is 7.23. The topological polar surface area (TPSA) is 50.1 Å². The average molecular weight is 156 g/mol. The van der Waals surface area contributed by atoms with Crippen molar-refractivity contribution < 1.29 is 9.53 Å². The van der Waals surface area contributed by atoms with Crippen LogP contribution in [0.5, 0.6) is 0 Å². The fourth-order valence-corrected chi connectivity index (χ4v) is 0.369. The van der Waals surface area contributed by atoms with Crippen LogP contribution in [0.4, 0.5) is 0 Å². The largest absolute Gasteiger partial charge is 0.460 e. The molecule has 3 nitrogen and oxygen atoms in total. The van der Waals surface area contributed by atoms with Crippen LogP contribution in [0, 0.1) is 0 Å². The smallest absolute Gasteiger partial charge is 0.327 e. The summed E-state index contributed by atoms with van der Waals surface area (Å²) in [6.45, 7) is 8.54. The monoisotopic (exact) mass is 156 g/mol. The Balaban J connectivity index is 3.80. The van der Waals surface area contributed by atoms with Crippen molar-refractivity contribution in [1.82, 2.24) is 5.73 Å². The molecule has 0 aromatic carbocycles. The molecule has 63 valence electrons. The minimum atomic E-state index is -1.16. The van der Waals surface area contributed by atoms with E-state index in [4.69, 9.17) is 10.5 Å². The van der Waals surface area contributed by atoms with Gasteiger partial charge in [0.25, 0.3) is 0 Å². The number of carbonyl (C=O) groups is 1. The third-order valence-corrected chi connectivity index (χ3v) is 0.960. The number of rotatable bonds is 3. The Morgan fingerprint density at radius 3 is 2.36 bits per heavy atom. The molecular formula is C8H14NO2. The van der Waals surface area contributed by atoms with Crippen molar-refractivity contribution in [2.24, 2.45) is 0 Å². The lowest BCUT2D eigenvalue weighted by atomic mass is 10.1. The molecule has 11 heavy (non-hydrogen) atoms. The zero-order chi connectivity index (χ0) is 9.07. The van der Waals surface area contributed by atoms with Gasteiger partial charge >= 0.3 is 5.97 Å². The lowest BCUT2D eigenvalue weighted by Crippen LogP contribution is -2.35. The van der Waals surface area contributed by atoms with Crippen LogP contribution in [0.2, 0.25) is 0 Å². The molecule has 0 amide bonds. The Bertz CT molecular complexity index is 167. The Morgan fingerprint density at radius 2 is 2.09 bits per heavy atom. The predicted molar refractivity (Wildman–Crippen MR) is 42.9 cm³/mol. The maximum Gasteiger partial charge on any atom is 0.327 e. The quantitative estimate of drug-likeness (QED) is 0.455. The molecule has 1 N–H and O–H groups in total. The van der Waals surface area contributed by atoms with Crippen LogP contribution >= 0.6 is 0 Å². The normalized spacial score (nSPS) is 10.9. The molecule has 0 heterocycles. The highest BCUT2D eigenvalue weighted by Gasteiger charge is 2.24. The summed E-state index contributed by atoms with van der Waals surface area (Å²) in [5.41, 5.74) is 6.90. The molecule has 0 atom stereocenters. The van der Waals surface area contributed by atoms with Crippen LogP contribution in [-0.2, 0) is 9.53 Å². The SMILES string of the molecule is C=C(C)COC(=O)C(C)(C)[NH]. The molecule has 0 bridgehead atoms. The minimum Gasteiger partial charge on any atom is -0.460 e. The molecule has 0 aromatic heterocycles. The third kappa shape index (κ3) is 4.56. The maximum atomic E-state index is 10.9. The number of hydrogen-bond donors (Lipinski definition) is 0. The molecule has 0 unspecified atom stereocenters. The number of esters is 1. The van der Waals surface area contributed by atoms with Crippen LogP contribution in [0.15, 0.2) is 12.2 Å². The van der Waals surface area contributed by atoms with Gasteiger partial charge in [0.05, 0.1) is 0 Å². The van der Waals surface area contributed by atoms with E-state index >= 15 is 0 Å². The molecule has 0 spiro atoms. The molecule has 0 rings (SSSR count). The maximum absolute atomic E-state index is 10.9. The van der Waals surface area contributed by atoms with Crippen LogP contribution in [0.1, 0.15) is 20.8 Å². The molecule has 0 aliphatic carbocycles. The second-order valence-electron chi connectivity index (χ2n) is 3.16. The van der Waals surface area contributed by atoms with Gasteiger partial charge in [0.1, 0.15) is 12.1 Å². The molecular weight excluding hydrogens is 142 g/mol. The summed E-state index contributed by atoms with van der Waals surface area (Å²) in [6.07, 6.45) is 0. The van der Waals surface area contributed by atoms with Gasteiger partial charge in [-0.3, -0.25) is 4.79 Å². The van der Waals surface area contributed by atoms with E-state index in [0.717, 1.165) is 5.57 Å². The van der Waals surface area contributed by atoms with Gasteiger partial charge < -0.3 is 4.74 Å². The summed E-state index contributed by atoms with van der Waals surface area (Å²) in [5.74, 6) is -0.513. The van der Waals surface area contributed by atoms with Gasteiger partial charge in [-0.2, -0.15) is 0 Å². The Morgan fingerprint density at radius 1 is 1.64 bits per heavy atom. The summed E-state index contributed by atoms with van der Waals surface area (Å²) >= 11 is 0. The van der Waals surface area contributed by atoms with E-state index in [1.807, 2.05) is 0 Å². The average Bonchev–Trinajstić information content (AvgIpc) is 1.80. The number of ether oxygens (including phenoxy) is 1. The Hall–Kier alpha value is -0.830. The van der Waals surface area contributed by atoms with Gasteiger partial charge in [0.2, 0.25) is 0 Å². The summed E-state index contributed by atoms with van der Waals surface area (Å²) in [7, 11) is 0. The van der Waals surface area contributed by atoms with Crippen LogP contribution in [0.3, 0.4) is 0 Å². The van der Waals surface area contributed by atoms with Gasteiger partial charge in [-0.25, -0.2) is 5.73 Å². The highest BCUT2D eigenvalue weighted by atomic mass is 16.5. The zero-order valence-electron chi connectivity index (χ0n) is 7.23. The summed E-state index contributed by atoms with van der Waals surface area (Å²) in [5, 5.41) is 0. The lowest BCUT2D eigenvalue weighted by Gasteiger charge is -2.15. The van der Waals surface area contributed by atoms with Crippen molar-refractivity contribution in [3.63, 3.8) is 0 Å². The Labute approximate surface area is 67.2 Å². The first-order chi connectivity index (χ1) is 4.84. The summed E-state index contributed by atoms with van der Waals surface area (Å²) in [4.78, 5) is 10.9. The van der Waals surface area contributed by atoms with E-state index in [1.54, 1.807) is 6.92 Å². The van der Waals surface area contributed by atoms with Crippen molar-refractivity contribution in [3.05, 3.63) is 12.2 Å². The lowest BCUT2D eigenvalue weighted by molar-refractivity contribution is -0.148. The first-order valence-corrected chi connectivity index (χ1v) is 3.40. The number of carbonyl (C=O) groups excluding carboxylic acids is 1. The fraction of sp³-hybridized carbons (Fsp3) is 0.625. The van der Waals surface area contributed by atoms with Crippen molar-refractivity contribution in [2.75, 3.05) is 6.61 Å². The van der Waals surface area contributed by atoms with Crippen molar-refractivity contribution in [3.8, 4) is 0 Å². The predicted octanol–water partition coefficient (Wildman–Crippen LogP) is 1.17. The first-order valence-electron chi connectivity index (χ1n) is 3.40. The molecule has 0 saturated carbocycles.